The molecule has 0 spiro atoms. The Morgan fingerprint density at radius 1 is 1.53 bits per heavy atom. The molecule has 1 amide bonds. The van der Waals surface area contributed by atoms with Crippen LogP contribution >= 0.6 is 11.3 Å². The maximum atomic E-state index is 11.8. The van der Waals surface area contributed by atoms with Crippen molar-refractivity contribution in [2.24, 2.45) is 0 Å². The summed E-state index contributed by atoms with van der Waals surface area (Å²) in [7, 11) is 0. The minimum Gasteiger partial charge on any atom is -0.384 e. The van der Waals surface area contributed by atoms with E-state index in [1.165, 1.54) is 17.7 Å². The van der Waals surface area contributed by atoms with Crippen LogP contribution in [0.15, 0.2) is 18.5 Å². The molecule has 2 rings (SSSR count). The van der Waals surface area contributed by atoms with Crippen molar-refractivity contribution < 1.29 is 9.90 Å². The Balaban J connectivity index is 1.84. The number of nitrogens with one attached hydrogen (secondary N) is 2. The van der Waals surface area contributed by atoms with Crippen LogP contribution in [-0.4, -0.2) is 39.3 Å². The number of aromatic amines is 1. The predicted octanol–water partition coefficient (Wildman–Crippen LogP) is 0.182. The first kappa shape index (κ1) is 13.3. The molecule has 2 aromatic rings. The minimum atomic E-state index is -0.184. The number of thiophene rings is 1. The molecule has 0 aliphatic heterocycles. The number of hydrogen-bond acceptors (Lipinski definition) is 5. The van der Waals surface area contributed by atoms with Gasteiger partial charge in [-0.25, -0.2) is 4.98 Å². The molecule has 0 fully saturated rings. The lowest BCUT2D eigenvalue weighted by molar-refractivity contribution is 0.0958. The number of carbonyl (C=O) groups is 1. The van der Waals surface area contributed by atoms with Crippen molar-refractivity contribution in [2.75, 3.05) is 13.2 Å². The summed E-state index contributed by atoms with van der Waals surface area (Å²) in [5, 5.41) is 17.8. The highest BCUT2D eigenvalue weighted by molar-refractivity contribution is 7.14. The standard InChI is InChI=1S/C12H12N4O2S/c17-7-1-2-9-3-4-10(19-9)12(18)13-6-5-11-14-8-15-16-11/h3-4,8,17H,5-7H2,(H,13,18)(H,14,15,16). The van der Waals surface area contributed by atoms with Crippen LogP contribution < -0.4 is 5.32 Å². The van der Waals surface area contributed by atoms with Gasteiger partial charge in [0.05, 0.1) is 9.75 Å². The quantitative estimate of drug-likeness (QED) is 0.695. The molecule has 3 N–H and O–H groups in total. The molecule has 98 valence electrons. The molecule has 0 atom stereocenters. The molecule has 0 saturated heterocycles. The Morgan fingerprint density at radius 3 is 3.16 bits per heavy atom. The Hall–Kier alpha value is -2.17. The summed E-state index contributed by atoms with van der Waals surface area (Å²) in [5.74, 6) is 5.91. The van der Waals surface area contributed by atoms with Gasteiger partial charge in [0, 0.05) is 13.0 Å². The first-order chi connectivity index (χ1) is 9.29. The van der Waals surface area contributed by atoms with Crippen molar-refractivity contribution in [3.8, 4) is 11.8 Å². The molecular weight excluding hydrogens is 264 g/mol. The van der Waals surface area contributed by atoms with E-state index in [0.29, 0.717) is 17.8 Å². The Labute approximate surface area is 113 Å². The van der Waals surface area contributed by atoms with E-state index in [2.05, 4.69) is 32.3 Å². The van der Waals surface area contributed by atoms with Crippen LogP contribution in [-0.2, 0) is 6.42 Å². The first-order valence-electron chi connectivity index (χ1n) is 5.61. The van der Waals surface area contributed by atoms with Gasteiger partial charge in [0.25, 0.3) is 5.91 Å². The lowest BCUT2D eigenvalue weighted by Crippen LogP contribution is -2.25. The fraction of sp³-hybridized carbons (Fsp3) is 0.250. The number of nitrogens with zero attached hydrogens (tertiary/aromatic N) is 2. The molecular formula is C12H12N4O2S. The van der Waals surface area contributed by atoms with Crippen LogP contribution in [0.5, 0.6) is 0 Å². The highest BCUT2D eigenvalue weighted by Crippen LogP contribution is 2.14. The summed E-state index contributed by atoms with van der Waals surface area (Å²) >= 11 is 1.30. The summed E-state index contributed by atoms with van der Waals surface area (Å²) in [6, 6.07) is 3.48. The number of hydrogen-bond donors (Lipinski definition) is 3. The van der Waals surface area contributed by atoms with Gasteiger partial charge in [-0.2, -0.15) is 5.10 Å². The second-order valence-corrected chi connectivity index (χ2v) is 4.65. The van der Waals surface area contributed by atoms with Gasteiger partial charge in [-0.1, -0.05) is 11.8 Å². The van der Waals surface area contributed by atoms with E-state index in [4.69, 9.17) is 5.11 Å². The Morgan fingerprint density at radius 2 is 2.42 bits per heavy atom. The molecule has 0 saturated carbocycles. The summed E-state index contributed by atoms with van der Waals surface area (Å²) in [6.07, 6.45) is 2.04. The summed E-state index contributed by atoms with van der Waals surface area (Å²) in [5.41, 5.74) is 0. The lowest BCUT2D eigenvalue weighted by atomic mass is 10.3. The fourth-order valence-electron chi connectivity index (χ4n) is 1.39. The van der Waals surface area contributed by atoms with E-state index in [-0.39, 0.29) is 12.5 Å². The van der Waals surface area contributed by atoms with Gasteiger partial charge < -0.3 is 10.4 Å². The van der Waals surface area contributed by atoms with E-state index in [1.54, 1.807) is 12.1 Å². The zero-order valence-electron chi connectivity index (χ0n) is 10.0. The lowest BCUT2D eigenvalue weighted by Gasteiger charge is -2.00. The van der Waals surface area contributed by atoms with Crippen molar-refractivity contribution in [2.45, 2.75) is 6.42 Å². The van der Waals surface area contributed by atoms with E-state index >= 15 is 0 Å². The van der Waals surface area contributed by atoms with E-state index in [0.717, 1.165) is 10.7 Å². The van der Waals surface area contributed by atoms with Crippen molar-refractivity contribution in [3.63, 3.8) is 0 Å². The Bertz CT molecular complexity index is 595. The van der Waals surface area contributed by atoms with Crippen LogP contribution in [0, 0.1) is 11.8 Å². The van der Waals surface area contributed by atoms with Crippen LogP contribution in [0.4, 0.5) is 0 Å². The number of aliphatic hydroxyl groups is 1. The maximum Gasteiger partial charge on any atom is 0.261 e. The summed E-state index contributed by atoms with van der Waals surface area (Å²) < 4.78 is 0. The molecule has 2 aromatic heterocycles. The molecule has 0 aromatic carbocycles. The second-order valence-electron chi connectivity index (χ2n) is 3.56. The third-order valence-electron chi connectivity index (χ3n) is 2.23. The van der Waals surface area contributed by atoms with Crippen LogP contribution in [0.1, 0.15) is 20.4 Å². The molecule has 0 unspecified atom stereocenters. The third-order valence-corrected chi connectivity index (χ3v) is 3.23. The van der Waals surface area contributed by atoms with Gasteiger partial charge in [-0.3, -0.25) is 9.89 Å². The summed E-state index contributed by atoms with van der Waals surface area (Å²) in [6.45, 7) is 0.306. The molecule has 6 nitrogen and oxygen atoms in total. The maximum absolute atomic E-state index is 11.8. The molecule has 7 heteroatoms. The second kappa shape index (κ2) is 6.68. The zero-order valence-corrected chi connectivity index (χ0v) is 10.8. The SMILES string of the molecule is O=C(NCCc1ncn[nH]1)c1ccc(C#CCO)s1. The normalized spacial score (nSPS) is 9.74. The minimum absolute atomic E-state index is 0.137. The van der Waals surface area contributed by atoms with Gasteiger partial charge in [-0.05, 0) is 12.1 Å². The molecule has 0 bridgehead atoms. The van der Waals surface area contributed by atoms with Gasteiger partial charge in [0.15, 0.2) is 0 Å². The van der Waals surface area contributed by atoms with E-state index in [1.807, 2.05) is 0 Å². The highest BCUT2D eigenvalue weighted by Gasteiger charge is 2.08. The van der Waals surface area contributed by atoms with Crippen LogP contribution in [0.3, 0.4) is 0 Å². The van der Waals surface area contributed by atoms with Gasteiger partial charge in [0.2, 0.25) is 0 Å². The fourth-order valence-corrected chi connectivity index (χ4v) is 2.18. The number of H-pyrrole nitrogens is 1. The zero-order chi connectivity index (χ0) is 13.5. The molecule has 19 heavy (non-hydrogen) atoms. The molecule has 0 radical (unpaired) electrons. The topological polar surface area (TPSA) is 90.9 Å². The number of rotatable bonds is 4. The smallest absolute Gasteiger partial charge is 0.261 e. The monoisotopic (exact) mass is 276 g/mol. The van der Waals surface area contributed by atoms with E-state index in [9.17, 15) is 4.79 Å². The van der Waals surface area contributed by atoms with Gasteiger partial charge in [0.1, 0.15) is 18.8 Å². The average molecular weight is 276 g/mol. The number of amides is 1. The molecule has 0 aliphatic rings. The van der Waals surface area contributed by atoms with Crippen molar-refractivity contribution >= 4 is 17.2 Å². The first-order valence-corrected chi connectivity index (χ1v) is 6.43. The van der Waals surface area contributed by atoms with Crippen molar-refractivity contribution in [1.29, 1.82) is 0 Å². The van der Waals surface area contributed by atoms with Crippen molar-refractivity contribution in [1.82, 2.24) is 20.5 Å². The highest BCUT2D eigenvalue weighted by atomic mass is 32.1. The Kier molecular flexibility index (Phi) is 4.66. The third kappa shape index (κ3) is 3.91. The average Bonchev–Trinajstić information content (AvgIpc) is 3.07. The number of aliphatic hydroxyl groups excluding tert-OH is 1. The van der Waals surface area contributed by atoms with Crippen LogP contribution in [0.25, 0.3) is 0 Å². The van der Waals surface area contributed by atoms with Gasteiger partial charge >= 0.3 is 0 Å². The van der Waals surface area contributed by atoms with E-state index < -0.39 is 0 Å². The summed E-state index contributed by atoms with van der Waals surface area (Å²) in [4.78, 5) is 17.1. The number of aromatic nitrogens is 3. The van der Waals surface area contributed by atoms with Gasteiger partial charge in [-0.15, -0.1) is 11.3 Å². The van der Waals surface area contributed by atoms with Crippen LogP contribution in [0.2, 0.25) is 0 Å². The molecule has 2 heterocycles. The largest absolute Gasteiger partial charge is 0.384 e. The molecule has 0 aliphatic carbocycles. The number of carbonyl (C=O) groups excluding carboxylic acids is 1. The predicted molar refractivity (Wildman–Crippen MR) is 70.7 cm³/mol. The van der Waals surface area contributed by atoms with Crippen molar-refractivity contribution in [3.05, 3.63) is 34.0 Å².